The van der Waals surface area contributed by atoms with Gasteiger partial charge in [-0.2, -0.15) is 0 Å². The third kappa shape index (κ3) is 6.58. The number of aliphatic imine (C=N–C) groups is 1. The van der Waals surface area contributed by atoms with E-state index in [4.69, 9.17) is 9.47 Å². The Kier molecular flexibility index (Phi) is 11.7. The van der Waals surface area contributed by atoms with Crippen LogP contribution in [0.25, 0.3) is 0 Å². The second kappa shape index (κ2) is 10.6. The molecule has 92 valence electrons. The molecule has 0 atom stereocenters. The van der Waals surface area contributed by atoms with E-state index in [2.05, 4.69) is 40.8 Å². The molecular formula is C12H20BrNO2. The molecule has 0 aliphatic carbocycles. The van der Waals surface area contributed by atoms with E-state index in [0.29, 0.717) is 15.9 Å². The van der Waals surface area contributed by atoms with Gasteiger partial charge < -0.3 is 9.47 Å². The first-order valence-electron chi connectivity index (χ1n) is 4.88. The second-order valence-electron chi connectivity index (χ2n) is 2.59. The molecule has 4 heteroatoms. The van der Waals surface area contributed by atoms with E-state index in [9.17, 15) is 0 Å². The van der Waals surface area contributed by atoms with Gasteiger partial charge in [0, 0.05) is 12.7 Å². The molecule has 0 heterocycles. The fraction of sp³-hybridized carbons (Fsp3) is 0.417. The molecule has 0 saturated heterocycles. The lowest BCUT2D eigenvalue weighted by molar-refractivity contribution is 0.00844. The van der Waals surface area contributed by atoms with Gasteiger partial charge in [-0.3, -0.25) is 4.99 Å². The van der Waals surface area contributed by atoms with Crippen LogP contribution in [0.15, 0.2) is 39.7 Å². The zero-order valence-electron chi connectivity index (χ0n) is 10.5. The molecule has 0 saturated carbocycles. The molecule has 0 aliphatic rings. The standard InChI is InChI=1S/C10H14BrNO2.C2H6/c1-7(2)8(3)9(10(11)12-4)14-6-13-5;1-2/h1,3-4,6H2,2,5H3;1-2H3/b10-9+;. The smallest absolute Gasteiger partial charge is 0.188 e. The Morgan fingerprint density at radius 3 is 2.12 bits per heavy atom. The van der Waals surface area contributed by atoms with Crippen LogP contribution in [0.1, 0.15) is 20.8 Å². The van der Waals surface area contributed by atoms with Gasteiger partial charge in [-0.25, -0.2) is 0 Å². The van der Waals surface area contributed by atoms with Crippen LogP contribution in [0.3, 0.4) is 0 Å². The summed E-state index contributed by atoms with van der Waals surface area (Å²) in [4.78, 5) is 3.71. The topological polar surface area (TPSA) is 30.8 Å². The molecule has 0 aromatic carbocycles. The van der Waals surface area contributed by atoms with Crippen molar-refractivity contribution in [3.8, 4) is 0 Å². The van der Waals surface area contributed by atoms with Gasteiger partial charge in [-0.15, -0.1) is 0 Å². The van der Waals surface area contributed by atoms with Crippen molar-refractivity contribution in [2.24, 2.45) is 4.99 Å². The molecule has 0 aromatic rings. The highest BCUT2D eigenvalue weighted by molar-refractivity contribution is 9.11. The lowest BCUT2D eigenvalue weighted by Crippen LogP contribution is -2.01. The summed E-state index contributed by atoms with van der Waals surface area (Å²) in [6.07, 6.45) is 0. The first-order valence-corrected chi connectivity index (χ1v) is 5.67. The van der Waals surface area contributed by atoms with Crippen molar-refractivity contribution in [2.45, 2.75) is 20.8 Å². The fourth-order valence-corrected chi connectivity index (χ4v) is 1.01. The van der Waals surface area contributed by atoms with Crippen molar-refractivity contribution in [3.63, 3.8) is 0 Å². The monoisotopic (exact) mass is 289 g/mol. The number of allylic oxidation sites excluding steroid dienone is 1. The normalized spacial score (nSPS) is 10.6. The van der Waals surface area contributed by atoms with Gasteiger partial charge in [0.2, 0.25) is 0 Å². The molecule has 0 rings (SSSR count). The quantitative estimate of drug-likeness (QED) is 0.243. The number of ether oxygens (including phenoxy) is 2. The molecule has 0 fully saturated rings. The summed E-state index contributed by atoms with van der Waals surface area (Å²) in [5.41, 5.74) is 1.47. The predicted octanol–water partition coefficient (Wildman–Crippen LogP) is 4.03. The summed E-state index contributed by atoms with van der Waals surface area (Å²) < 4.78 is 10.6. The Morgan fingerprint density at radius 2 is 1.81 bits per heavy atom. The first kappa shape index (κ1) is 17.5. The third-order valence-electron chi connectivity index (χ3n) is 1.44. The van der Waals surface area contributed by atoms with Crippen LogP contribution in [0, 0.1) is 0 Å². The van der Waals surface area contributed by atoms with Crippen LogP contribution < -0.4 is 0 Å². The molecule has 0 aliphatic heterocycles. The van der Waals surface area contributed by atoms with Crippen molar-refractivity contribution < 1.29 is 9.47 Å². The van der Waals surface area contributed by atoms with Crippen LogP contribution in [0.2, 0.25) is 0 Å². The Labute approximate surface area is 107 Å². The Hall–Kier alpha value is -0.870. The number of nitrogens with zero attached hydrogens (tertiary/aromatic N) is 1. The van der Waals surface area contributed by atoms with E-state index >= 15 is 0 Å². The zero-order chi connectivity index (χ0) is 13.1. The number of methoxy groups -OCH3 is 1. The molecule has 0 spiro atoms. The van der Waals surface area contributed by atoms with Gasteiger partial charge in [0.25, 0.3) is 0 Å². The minimum atomic E-state index is 0.131. The summed E-state index contributed by atoms with van der Waals surface area (Å²) in [5.74, 6) is 0.495. The minimum absolute atomic E-state index is 0.131. The van der Waals surface area contributed by atoms with Crippen LogP contribution in [-0.4, -0.2) is 20.6 Å². The number of hydrogen-bond acceptors (Lipinski definition) is 3. The highest BCUT2D eigenvalue weighted by Gasteiger charge is 2.09. The molecule has 0 aromatic heterocycles. The fourth-order valence-electron chi connectivity index (χ4n) is 0.655. The molecular weight excluding hydrogens is 270 g/mol. The van der Waals surface area contributed by atoms with Gasteiger partial charge in [-0.05, 0) is 35.1 Å². The molecule has 0 amide bonds. The van der Waals surface area contributed by atoms with Crippen LogP contribution >= 0.6 is 15.9 Å². The minimum Gasteiger partial charge on any atom is -0.464 e. The van der Waals surface area contributed by atoms with Gasteiger partial charge in [0.1, 0.15) is 4.61 Å². The first-order chi connectivity index (χ1) is 7.54. The average Bonchev–Trinajstić information content (AvgIpc) is 2.31. The van der Waals surface area contributed by atoms with Crippen molar-refractivity contribution in [3.05, 3.63) is 34.7 Å². The van der Waals surface area contributed by atoms with Crippen molar-refractivity contribution >= 4 is 22.6 Å². The zero-order valence-corrected chi connectivity index (χ0v) is 12.1. The van der Waals surface area contributed by atoms with E-state index in [1.165, 1.54) is 7.11 Å². The Balaban J connectivity index is 0. The molecule has 0 bridgehead atoms. The third-order valence-corrected chi connectivity index (χ3v) is 2.05. The Bertz CT molecular complexity index is 283. The van der Waals surface area contributed by atoms with Gasteiger partial charge >= 0.3 is 0 Å². The van der Waals surface area contributed by atoms with Gasteiger partial charge in [0.05, 0.1) is 0 Å². The highest BCUT2D eigenvalue weighted by Crippen LogP contribution is 2.24. The Morgan fingerprint density at radius 1 is 1.31 bits per heavy atom. The van der Waals surface area contributed by atoms with E-state index < -0.39 is 0 Å². The number of rotatable bonds is 6. The number of hydrogen-bond donors (Lipinski definition) is 0. The molecule has 16 heavy (non-hydrogen) atoms. The maximum absolute atomic E-state index is 5.28. The van der Waals surface area contributed by atoms with Crippen LogP contribution in [0.4, 0.5) is 0 Å². The second-order valence-corrected chi connectivity index (χ2v) is 3.34. The van der Waals surface area contributed by atoms with Crippen molar-refractivity contribution in [2.75, 3.05) is 13.9 Å². The summed E-state index contributed by atoms with van der Waals surface area (Å²) >= 11 is 3.21. The summed E-state index contributed by atoms with van der Waals surface area (Å²) in [6, 6.07) is 0. The molecule has 0 unspecified atom stereocenters. The molecule has 3 nitrogen and oxygen atoms in total. The van der Waals surface area contributed by atoms with Gasteiger partial charge in [0.15, 0.2) is 12.6 Å². The van der Waals surface area contributed by atoms with Crippen molar-refractivity contribution in [1.82, 2.24) is 0 Å². The van der Waals surface area contributed by atoms with E-state index in [0.717, 1.165) is 5.57 Å². The van der Waals surface area contributed by atoms with E-state index in [1.807, 2.05) is 20.8 Å². The maximum Gasteiger partial charge on any atom is 0.188 e. The van der Waals surface area contributed by atoms with Crippen LogP contribution in [-0.2, 0) is 9.47 Å². The number of halogens is 1. The summed E-state index contributed by atoms with van der Waals surface area (Å²) in [7, 11) is 1.54. The SMILES string of the molecule is C=N/C(Br)=C(/OCOC)C(=C)C(=C)C.CC. The van der Waals surface area contributed by atoms with E-state index in [1.54, 1.807) is 0 Å². The maximum atomic E-state index is 5.28. The lowest BCUT2D eigenvalue weighted by Gasteiger charge is -2.12. The highest BCUT2D eigenvalue weighted by atomic mass is 79.9. The van der Waals surface area contributed by atoms with E-state index in [-0.39, 0.29) is 6.79 Å². The van der Waals surface area contributed by atoms with Crippen LogP contribution in [0.5, 0.6) is 0 Å². The molecule has 0 radical (unpaired) electrons. The van der Waals surface area contributed by atoms with Gasteiger partial charge in [-0.1, -0.05) is 27.0 Å². The summed E-state index contributed by atoms with van der Waals surface area (Å²) in [5, 5.41) is 0. The van der Waals surface area contributed by atoms with Crippen molar-refractivity contribution in [1.29, 1.82) is 0 Å². The average molecular weight is 290 g/mol. The molecule has 0 N–H and O–H groups in total. The summed E-state index contributed by atoms with van der Waals surface area (Å²) in [6.45, 7) is 16.9. The largest absolute Gasteiger partial charge is 0.464 e. The lowest BCUT2D eigenvalue weighted by atomic mass is 10.1. The predicted molar refractivity (Wildman–Crippen MR) is 73.8 cm³/mol.